The molecule has 0 aliphatic carbocycles. The molecule has 1 N–H and O–H groups in total. The van der Waals surface area contributed by atoms with Crippen molar-refractivity contribution in [2.75, 3.05) is 6.54 Å². The summed E-state index contributed by atoms with van der Waals surface area (Å²) in [6, 6.07) is -0.121. The first-order valence-corrected chi connectivity index (χ1v) is 5.72. The predicted molar refractivity (Wildman–Crippen MR) is 56.6 cm³/mol. The number of hydrogen-bond donors (Lipinski definition) is 1. The van der Waals surface area contributed by atoms with Gasteiger partial charge >= 0.3 is 6.18 Å². The molecule has 18 heavy (non-hydrogen) atoms. The standard InChI is InChI=1S/C10H15F3N4O/c1-6(7(2)18)16-3-4-17-8(5-16)14-15-9(17)10(11,12)13/h6-7,18H,3-5H2,1-2H3. The number of aliphatic hydroxyl groups excluding tert-OH is 1. The Morgan fingerprint density at radius 1 is 1.22 bits per heavy atom. The van der Waals surface area contributed by atoms with Gasteiger partial charge < -0.3 is 9.67 Å². The number of fused-ring (bicyclic) bond motifs is 1. The molecule has 0 bridgehead atoms. The molecule has 2 heterocycles. The van der Waals surface area contributed by atoms with Gasteiger partial charge in [0.05, 0.1) is 12.6 Å². The van der Waals surface area contributed by atoms with Crippen molar-refractivity contribution in [2.45, 2.75) is 45.3 Å². The van der Waals surface area contributed by atoms with Crippen molar-refractivity contribution in [1.29, 1.82) is 0 Å². The van der Waals surface area contributed by atoms with Gasteiger partial charge in [-0.3, -0.25) is 4.90 Å². The highest BCUT2D eigenvalue weighted by molar-refractivity contribution is 5.02. The lowest BCUT2D eigenvalue weighted by molar-refractivity contribution is -0.148. The van der Waals surface area contributed by atoms with Crippen LogP contribution in [0, 0.1) is 0 Å². The van der Waals surface area contributed by atoms with Gasteiger partial charge in [0.1, 0.15) is 5.82 Å². The SMILES string of the molecule is CC(O)C(C)N1CCn2c(nnc2C(F)(F)F)C1. The Labute approximate surface area is 102 Å². The summed E-state index contributed by atoms with van der Waals surface area (Å²) in [5.74, 6) is -0.650. The maximum Gasteiger partial charge on any atom is 0.451 e. The molecule has 0 saturated heterocycles. The molecule has 1 aliphatic rings. The van der Waals surface area contributed by atoms with E-state index < -0.39 is 18.1 Å². The molecule has 1 aromatic heterocycles. The third-order valence-electron chi connectivity index (χ3n) is 3.31. The summed E-state index contributed by atoms with van der Waals surface area (Å²) in [6.07, 6.45) is -5.01. The van der Waals surface area contributed by atoms with Crippen LogP contribution >= 0.6 is 0 Å². The Morgan fingerprint density at radius 3 is 2.44 bits per heavy atom. The first kappa shape index (κ1) is 13.3. The Morgan fingerprint density at radius 2 is 1.89 bits per heavy atom. The van der Waals surface area contributed by atoms with Crippen molar-refractivity contribution in [3.05, 3.63) is 11.6 Å². The van der Waals surface area contributed by atoms with Crippen LogP contribution < -0.4 is 0 Å². The number of rotatable bonds is 2. The van der Waals surface area contributed by atoms with Crippen LogP contribution in [-0.4, -0.2) is 43.5 Å². The van der Waals surface area contributed by atoms with E-state index in [-0.39, 0.29) is 19.1 Å². The Bertz CT molecular complexity index is 429. The monoisotopic (exact) mass is 264 g/mol. The van der Waals surface area contributed by atoms with Crippen LogP contribution in [0.2, 0.25) is 0 Å². The van der Waals surface area contributed by atoms with Crippen LogP contribution in [-0.2, 0) is 19.3 Å². The van der Waals surface area contributed by atoms with E-state index in [1.165, 1.54) is 0 Å². The molecule has 8 heteroatoms. The molecule has 1 aromatic rings. The zero-order valence-electron chi connectivity index (χ0n) is 10.1. The van der Waals surface area contributed by atoms with Crippen molar-refractivity contribution in [3.8, 4) is 0 Å². The van der Waals surface area contributed by atoms with Crippen LogP contribution in [0.1, 0.15) is 25.5 Å². The van der Waals surface area contributed by atoms with E-state index in [0.717, 1.165) is 4.57 Å². The highest BCUT2D eigenvalue weighted by atomic mass is 19.4. The largest absolute Gasteiger partial charge is 0.451 e. The zero-order valence-corrected chi connectivity index (χ0v) is 10.1. The number of alkyl halides is 3. The van der Waals surface area contributed by atoms with E-state index in [2.05, 4.69) is 10.2 Å². The maximum atomic E-state index is 12.6. The summed E-state index contributed by atoms with van der Waals surface area (Å²) in [5.41, 5.74) is 0. The molecular weight excluding hydrogens is 249 g/mol. The molecule has 2 unspecified atom stereocenters. The van der Waals surface area contributed by atoms with Crippen LogP contribution in [0.15, 0.2) is 0 Å². The first-order valence-electron chi connectivity index (χ1n) is 5.72. The molecule has 0 saturated carbocycles. The number of halogens is 3. The molecule has 1 aliphatic heterocycles. The summed E-state index contributed by atoms with van der Waals surface area (Å²) in [6.45, 7) is 4.40. The van der Waals surface area contributed by atoms with E-state index in [0.29, 0.717) is 12.4 Å². The zero-order chi connectivity index (χ0) is 13.5. The normalized spacial score (nSPS) is 20.6. The Balaban J connectivity index is 2.20. The summed E-state index contributed by atoms with van der Waals surface area (Å²) >= 11 is 0. The minimum Gasteiger partial charge on any atom is -0.392 e. The molecular formula is C10H15F3N4O. The summed E-state index contributed by atoms with van der Waals surface area (Å²) in [5, 5.41) is 16.3. The van der Waals surface area contributed by atoms with Crippen molar-refractivity contribution >= 4 is 0 Å². The molecule has 2 rings (SSSR count). The lowest BCUT2D eigenvalue weighted by Gasteiger charge is -2.34. The summed E-state index contributed by atoms with van der Waals surface area (Å²) < 4.78 is 39.0. The van der Waals surface area contributed by atoms with E-state index in [4.69, 9.17) is 0 Å². The lowest BCUT2D eigenvalue weighted by Crippen LogP contribution is -2.45. The second-order valence-corrected chi connectivity index (χ2v) is 4.54. The molecule has 0 radical (unpaired) electrons. The second-order valence-electron chi connectivity index (χ2n) is 4.54. The highest BCUT2D eigenvalue weighted by Crippen LogP contribution is 2.29. The molecule has 0 amide bonds. The fourth-order valence-corrected chi connectivity index (χ4v) is 2.04. The number of nitrogens with zero attached hydrogens (tertiary/aromatic N) is 4. The minimum absolute atomic E-state index is 0.121. The number of aromatic nitrogens is 3. The molecule has 0 fully saturated rings. The van der Waals surface area contributed by atoms with E-state index >= 15 is 0 Å². The molecule has 0 spiro atoms. The van der Waals surface area contributed by atoms with Gasteiger partial charge in [0.15, 0.2) is 0 Å². The van der Waals surface area contributed by atoms with Gasteiger partial charge in [-0.2, -0.15) is 13.2 Å². The van der Waals surface area contributed by atoms with Gasteiger partial charge in [0.25, 0.3) is 0 Å². The van der Waals surface area contributed by atoms with Crippen LogP contribution in [0.3, 0.4) is 0 Å². The fourth-order valence-electron chi connectivity index (χ4n) is 2.04. The molecule has 5 nitrogen and oxygen atoms in total. The third kappa shape index (κ3) is 2.35. The highest BCUT2D eigenvalue weighted by Gasteiger charge is 2.39. The Kier molecular flexibility index (Phi) is 3.33. The second kappa shape index (κ2) is 4.51. The van der Waals surface area contributed by atoms with Gasteiger partial charge in [0, 0.05) is 19.1 Å². The van der Waals surface area contributed by atoms with Gasteiger partial charge in [-0.05, 0) is 13.8 Å². The van der Waals surface area contributed by atoms with Gasteiger partial charge in [-0.1, -0.05) is 0 Å². The topological polar surface area (TPSA) is 54.2 Å². The summed E-state index contributed by atoms with van der Waals surface area (Å²) in [4.78, 5) is 1.90. The summed E-state index contributed by atoms with van der Waals surface area (Å²) in [7, 11) is 0. The van der Waals surface area contributed by atoms with E-state index in [9.17, 15) is 18.3 Å². The van der Waals surface area contributed by atoms with Gasteiger partial charge in [0.2, 0.25) is 5.82 Å². The lowest BCUT2D eigenvalue weighted by atomic mass is 10.1. The number of aliphatic hydroxyl groups is 1. The third-order valence-corrected chi connectivity index (χ3v) is 3.31. The molecule has 2 atom stereocenters. The van der Waals surface area contributed by atoms with Crippen LogP contribution in [0.5, 0.6) is 0 Å². The smallest absolute Gasteiger partial charge is 0.392 e. The van der Waals surface area contributed by atoms with Crippen molar-refractivity contribution in [2.24, 2.45) is 0 Å². The van der Waals surface area contributed by atoms with Crippen LogP contribution in [0.25, 0.3) is 0 Å². The van der Waals surface area contributed by atoms with E-state index in [1.54, 1.807) is 6.92 Å². The predicted octanol–water partition coefficient (Wildman–Crippen LogP) is 0.882. The first-order chi connectivity index (χ1) is 8.30. The number of hydrogen-bond acceptors (Lipinski definition) is 4. The van der Waals surface area contributed by atoms with Crippen molar-refractivity contribution < 1.29 is 18.3 Å². The van der Waals surface area contributed by atoms with Gasteiger partial charge in [-0.15, -0.1) is 10.2 Å². The van der Waals surface area contributed by atoms with Crippen LogP contribution in [0.4, 0.5) is 13.2 Å². The fraction of sp³-hybridized carbons (Fsp3) is 0.800. The van der Waals surface area contributed by atoms with E-state index in [1.807, 2.05) is 11.8 Å². The maximum absolute atomic E-state index is 12.6. The average Bonchev–Trinajstić information content (AvgIpc) is 2.69. The Hall–Kier alpha value is -1.15. The van der Waals surface area contributed by atoms with Gasteiger partial charge in [-0.25, -0.2) is 0 Å². The van der Waals surface area contributed by atoms with Crippen molar-refractivity contribution in [3.63, 3.8) is 0 Å². The van der Waals surface area contributed by atoms with Crippen molar-refractivity contribution in [1.82, 2.24) is 19.7 Å². The molecule has 102 valence electrons. The minimum atomic E-state index is -4.47. The average molecular weight is 264 g/mol. The molecule has 0 aromatic carbocycles. The quantitative estimate of drug-likeness (QED) is 0.861.